The van der Waals surface area contributed by atoms with E-state index in [1.807, 2.05) is 0 Å². The Morgan fingerprint density at radius 3 is 1.19 bits per heavy atom. The van der Waals surface area contributed by atoms with Gasteiger partial charge in [-0.15, -0.1) is 0 Å². The zero-order chi connectivity index (χ0) is 45.7. The van der Waals surface area contributed by atoms with Gasteiger partial charge in [0.2, 0.25) is 0 Å². The smallest absolute Gasteiger partial charge is 0.143 e. The molecule has 0 aliphatic heterocycles. The number of furan rings is 1. The molecule has 0 saturated carbocycles. The van der Waals surface area contributed by atoms with E-state index in [4.69, 9.17) is 4.42 Å². The fourth-order valence-electron chi connectivity index (χ4n) is 10.2. The van der Waals surface area contributed by atoms with Crippen molar-refractivity contribution in [1.82, 2.24) is 4.57 Å². The predicted octanol–water partition coefficient (Wildman–Crippen LogP) is 18.5. The van der Waals surface area contributed by atoms with Crippen LogP contribution in [0.5, 0.6) is 0 Å². The summed E-state index contributed by atoms with van der Waals surface area (Å²) in [7, 11) is 0. The molecule has 0 spiro atoms. The van der Waals surface area contributed by atoms with Gasteiger partial charge in [-0.05, 0) is 111 Å². The van der Waals surface area contributed by atoms with Crippen molar-refractivity contribution in [1.29, 1.82) is 0 Å². The van der Waals surface area contributed by atoms with Crippen LogP contribution in [0.3, 0.4) is 0 Å². The maximum absolute atomic E-state index is 6.82. The molecule has 2 heterocycles. The van der Waals surface area contributed by atoms with Gasteiger partial charge in [0.1, 0.15) is 11.2 Å². The van der Waals surface area contributed by atoms with E-state index in [2.05, 4.69) is 276 Å². The quantitative estimate of drug-likeness (QED) is 0.144. The summed E-state index contributed by atoms with van der Waals surface area (Å²) in [6.07, 6.45) is 0. The highest BCUT2D eigenvalue weighted by Gasteiger charge is 2.19. The summed E-state index contributed by atoms with van der Waals surface area (Å²) < 4.78 is 9.18. The Morgan fingerprint density at radius 2 is 0.638 bits per heavy atom. The van der Waals surface area contributed by atoms with Crippen molar-refractivity contribution in [2.45, 2.75) is 0 Å². The molecular weight excluding hydrogens is 837 g/mol. The maximum Gasteiger partial charge on any atom is 0.143 e. The van der Waals surface area contributed by atoms with Gasteiger partial charge in [-0.25, -0.2) is 0 Å². The second-order valence-corrected chi connectivity index (χ2v) is 17.7. The molecule has 0 unspecified atom stereocenters. The van der Waals surface area contributed by atoms with Crippen LogP contribution < -0.4 is 4.90 Å². The van der Waals surface area contributed by atoms with Gasteiger partial charge in [0.15, 0.2) is 0 Å². The van der Waals surface area contributed by atoms with E-state index in [0.29, 0.717) is 0 Å². The normalized spacial score (nSPS) is 11.5. The molecule has 0 fully saturated rings. The molecule has 13 rings (SSSR count). The highest BCUT2D eigenvalue weighted by atomic mass is 16.3. The molecule has 2 aromatic heterocycles. The van der Waals surface area contributed by atoms with Crippen LogP contribution in [0.2, 0.25) is 0 Å². The molecule has 3 nitrogen and oxygen atoms in total. The van der Waals surface area contributed by atoms with Crippen LogP contribution in [0.25, 0.3) is 105 Å². The maximum atomic E-state index is 6.82. The average Bonchev–Trinajstić information content (AvgIpc) is 3.98. The molecule has 3 heteroatoms. The largest absolute Gasteiger partial charge is 0.455 e. The third-order valence-electron chi connectivity index (χ3n) is 13.6. The minimum Gasteiger partial charge on any atom is -0.455 e. The molecule has 0 saturated heterocycles. The molecule has 0 atom stereocenters. The number of aromatic nitrogens is 1. The molecule has 0 amide bonds. The topological polar surface area (TPSA) is 21.3 Å². The van der Waals surface area contributed by atoms with E-state index < -0.39 is 0 Å². The number of nitrogens with zero attached hydrogens (tertiary/aromatic N) is 2. The van der Waals surface area contributed by atoms with Crippen molar-refractivity contribution in [3.8, 4) is 61.3 Å². The Labute approximate surface area is 401 Å². The molecule has 324 valence electrons. The van der Waals surface area contributed by atoms with Crippen molar-refractivity contribution in [3.63, 3.8) is 0 Å². The zero-order valence-electron chi connectivity index (χ0n) is 37.7. The highest BCUT2D eigenvalue weighted by molar-refractivity contribution is 6.13. The molecule has 0 radical (unpaired) electrons. The van der Waals surface area contributed by atoms with E-state index in [1.165, 1.54) is 49.6 Å². The van der Waals surface area contributed by atoms with Crippen LogP contribution >= 0.6 is 0 Å². The lowest BCUT2D eigenvalue weighted by Crippen LogP contribution is -2.09. The van der Waals surface area contributed by atoms with Gasteiger partial charge in [0, 0.05) is 55.4 Å². The second-order valence-electron chi connectivity index (χ2n) is 17.7. The van der Waals surface area contributed by atoms with Gasteiger partial charge in [0.25, 0.3) is 0 Å². The summed E-state index contributed by atoms with van der Waals surface area (Å²) in [5.41, 5.74) is 20.1. The molecule has 0 bridgehead atoms. The Kier molecular flexibility index (Phi) is 9.84. The van der Waals surface area contributed by atoms with Crippen LogP contribution in [-0.4, -0.2) is 4.57 Å². The minimum atomic E-state index is 0.895. The molecule has 0 aliphatic rings. The number of rotatable bonds is 9. The van der Waals surface area contributed by atoms with Crippen molar-refractivity contribution < 1.29 is 4.42 Å². The van der Waals surface area contributed by atoms with Gasteiger partial charge in [-0.2, -0.15) is 0 Å². The standard InChI is InChI=1S/C66H44N2O/c1-4-14-45(15-5-1)46-26-28-47(29-27-46)48-30-37-54(38-31-48)67(55-39-32-49(33-40-55)52-36-43-64-62(44-52)59-20-10-11-25-63(59)68(64)53-18-8-3-9-19-53)56-41-34-51(35-42-56)58-22-13-24-61-60-23-12-21-57(65(60)69-66(58)61)50-16-6-2-7-17-50/h1-44H. The summed E-state index contributed by atoms with van der Waals surface area (Å²) in [5.74, 6) is 0. The Hall–Kier alpha value is -9.18. The summed E-state index contributed by atoms with van der Waals surface area (Å²) in [4.78, 5) is 2.35. The summed E-state index contributed by atoms with van der Waals surface area (Å²) >= 11 is 0. The number of hydrogen-bond acceptors (Lipinski definition) is 2. The lowest BCUT2D eigenvalue weighted by Gasteiger charge is -2.26. The monoisotopic (exact) mass is 880 g/mol. The SMILES string of the molecule is c1ccc(-c2ccc(-c3ccc(N(c4ccc(-c5ccc6c(c5)c5ccccc5n6-c5ccccc5)cc4)c4ccc(-c5cccc6c5oc5c(-c7ccccc7)cccc56)cc4)cc3)cc2)cc1. The van der Waals surface area contributed by atoms with Crippen molar-refractivity contribution in [3.05, 3.63) is 267 Å². The van der Waals surface area contributed by atoms with Crippen LogP contribution in [0.15, 0.2) is 271 Å². The first-order valence-corrected chi connectivity index (χ1v) is 23.6. The number of para-hydroxylation sites is 4. The van der Waals surface area contributed by atoms with E-state index in [1.54, 1.807) is 0 Å². The highest BCUT2D eigenvalue weighted by Crippen LogP contribution is 2.43. The summed E-state index contributed by atoms with van der Waals surface area (Å²) in [5, 5.41) is 4.71. The lowest BCUT2D eigenvalue weighted by molar-refractivity contribution is 0.671. The first-order valence-electron chi connectivity index (χ1n) is 23.6. The first-order chi connectivity index (χ1) is 34.2. The number of benzene rings is 11. The van der Waals surface area contributed by atoms with Gasteiger partial charge in [-0.3, -0.25) is 0 Å². The molecule has 11 aromatic carbocycles. The molecule has 0 aliphatic carbocycles. The van der Waals surface area contributed by atoms with Crippen molar-refractivity contribution in [2.75, 3.05) is 4.90 Å². The van der Waals surface area contributed by atoms with Crippen LogP contribution in [0, 0.1) is 0 Å². The van der Waals surface area contributed by atoms with E-state index in [-0.39, 0.29) is 0 Å². The molecule has 69 heavy (non-hydrogen) atoms. The van der Waals surface area contributed by atoms with Gasteiger partial charge in [0.05, 0.1) is 11.0 Å². The van der Waals surface area contributed by atoms with Crippen LogP contribution in [0.4, 0.5) is 17.1 Å². The summed E-state index contributed by atoms with van der Waals surface area (Å²) in [6, 6.07) is 95.8. The Bertz CT molecular complexity index is 3950. The van der Waals surface area contributed by atoms with E-state index in [9.17, 15) is 0 Å². The van der Waals surface area contributed by atoms with Gasteiger partial charge >= 0.3 is 0 Å². The number of anilines is 3. The van der Waals surface area contributed by atoms with Gasteiger partial charge < -0.3 is 13.9 Å². The number of fused-ring (bicyclic) bond motifs is 6. The lowest BCUT2D eigenvalue weighted by atomic mass is 9.99. The average molecular weight is 881 g/mol. The second kappa shape index (κ2) is 16.9. The Balaban J connectivity index is 0.874. The van der Waals surface area contributed by atoms with Crippen molar-refractivity contribution >= 4 is 60.8 Å². The van der Waals surface area contributed by atoms with E-state index >= 15 is 0 Å². The summed E-state index contributed by atoms with van der Waals surface area (Å²) in [6.45, 7) is 0. The predicted molar refractivity (Wildman–Crippen MR) is 290 cm³/mol. The minimum absolute atomic E-state index is 0.895. The molecule has 13 aromatic rings. The van der Waals surface area contributed by atoms with E-state index in [0.717, 1.165) is 72.5 Å². The fourth-order valence-corrected chi connectivity index (χ4v) is 10.2. The van der Waals surface area contributed by atoms with Crippen LogP contribution in [-0.2, 0) is 0 Å². The Morgan fingerprint density at radius 1 is 0.261 bits per heavy atom. The number of hydrogen-bond donors (Lipinski definition) is 0. The first kappa shape index (κ1) is 40.1. The van der Waals surface area contributed by atoms with Crippen molar-refractivity contribution in [2.24, 2.45) is 0 Å². The zero-order valence-corrected chi connectivity index (χ0v) is 37.7. The molecular formula is C66H44N2O. The van der Waals surface area contributed by atoms with Crippen LogP contribution in [0.1, 0.15) is 0 Å². The third-order valence-corrected chi connectivity index (χ3v) is 13.6. The fraction of sp³-hybridized carbons (Fsp3) is 0. The third kappa shape index (κ3) is 7.16. The van der Waals surface area contributed by atoms with Gasteiger partial charge in [-0.1, -0.05) is 200 Å². The molecule has 0 N–H and O–H groups in total.